The molecule has 0 saturated carbocycles. The summed E-state index contributed by atoms with van der Waals surface area (Å²) < 4.78 is 0.816. The van der Waals surface area contributed by atoms with Gasteiger partial charge in [-0.3, -0.25) is 14.6 Å². The SMILES string of the molecule is CC(C)NC(=O)CSc1sc2c(=O)[nH]c(=O)[nH]c2c1C#N. The molecule has 0 unspecified atom stereocenters. The fourth-order valence-electron chi connectivity index (χ4n) is 1.69. The molecule has 0 aliphatic rings. The van der Waals surface area contributed by atoms with E-state index in [0.717, 1.165) is 11.3 Å². The predicted molar refractivity (Wildman–Crippen MR) is 81.8 cm³/mol. The van der Waals surface area contributed by atoms with Crippen molar-refractivity contribution < 1.29 is 4.79 Å². The van der Waals surface area contributed by atoms with Crippen LogP contribution >= 0.6 is 23.1 Å². The Balaban J connectivity index is 2.35. The largest absolute Gasteiger partial charge is 0.353 e. The van der Waals surface area contributed by atoms with Crippen LogP contribution in [0.3, 0.4) is 0 Å². The van der Waals surface area contributed by atoms with Gasteiger partial charge in [0.25, 0.3) is 5.56 Å². The summed E-state index contributed by atoms with van der Waals surface area (Å²) in [5, 5.41) is 11.9. The number of H-pyrrole nitrogens is 2. The minimum atomic E-state index is -0.657. The summed E-state index contributed by atoms with van der Waals surface area (Å²) in [6, 6.07) is 2.01. The summed E-state index contributed by atoms with van der Waals surface area (Å²) in [4.78, 5) is 39.2. The molecule has 0 atom stereocenters. The molecule has 0 aliphatic heterocycles. The number of aromatic nitrogens is 2. The summed E-state index contributed by atoms with van der Waals surface area (Å²) in [6.45, 7) is 3.71. The summed E-state index contributed by atoms with van der Waals surface area (Å²) in [5.41, 5.74) is -0.742. The number of aromatic amines is 2. The first-order valence-corrected chi connectivity index (χ1v) is 7.84. The molecule has 0 aliphatic carbocycles. The van der Waals surface area contributed by atoms with Crippen LogP contribution in [-0.2, 0) is 4.79 Å². The van der Waals surface area contributed by atoms with Gasteiger partial charge in [0.15, 0.2) is 0 Å². The van der Waals surface area contributed by atoms with Gasteiger partial charge in [0, 0.05) is 6.04 Å². The van der Waals surface area contributed by atoms with Crippen LogP contribution in [0.25, 0.3) is 10.2 Å². The van der Waals surface area contributed by atoms with E-state index in [-0.39, 0.29) is 33.5 Å². The van der Waals surface area contributed by atoms with Crippen molar-refractivity contribution in [2.24, 2.45) is 0 Å². The Hall–Kier alpha value is -2.05. The minimum Gasteiger partial charge on any atom is -0.353 e. The average Bonchev–Trinajstić information content (AvgIpc) is 2.73. The van der Waals surface area contributed by atoms with Gasteiger partial charge in [-0.2, -0.15) is 5.26 Å². The number of nitrogens with zero attached hydrogens (tertiary/aromatic N) is 1. The Kier molecular flexibility index (Phi) is 4.50. The number of fused-ring (bicyclic) bond motifs is 1. The van der Waals surface area contributed by atoms with Gasteiger partial charge in [0.2, 0.25) is 5.91 Å². The smallest absolute Gasteiger partial charge is 0.326 e. The van der Waals surface area contributed by atoms with Crippen molar-refractivity contribution in [3.63, 3.8) is 0 Å². The van der Waals surface area contributed by atoms with Gasteiger partial charge in [-0.05, 0) is 13.8 Å². The molecule has 110 valence electrons. The van der Waals surface area contributed by atoms with Crippen molar-refractivity contribution in [2.45, 2.75) is 24.1 Å². The highest BCUT2D eigenvalue weighted by molar-refractivity contribution is 8.02. The molecule has 7 nitrogen and oxygen atoms in total. The fraction of sp³-hybridized carbons (Fsp3) is 0.333. The summed E-state index contributed by atoms with van der Waals surface area (Å²) >= 11 is 2.26. The first-order chi connectivity index (χ1) is 9.92. The van der Waals surface area contributed by atoms with Crippen molar-refractivity contribution in [3.8, 4) is 6.07 Å². The zero-order valence-corrected chi connectivity index (χ0v) is 12.9. The number of amides is 1. The van der Waals surface area contributed by atoms with Gasteiger partial charge in [0.05, 0.1) is 15.5 Å². The maximum atomic E-state index is 11.7. The van der Waals surface area contributed by atoms with Crippen LogP contribution in [-0.4, -0.2) is 27.7 Å². The number of thiophene rings is 1. The molecule has 2 aromatic heterocycles. The molecule has 2 aromatic rings. The molecule has 1 amide bonds. The van der Waals surface area contributed by atoms with Gasteiger partial charge in [-0.1, -0.05) is 0 Å². The maximum Gasteiger partial charge on any atom is 0.326 e. The number of carbonyl (C=O) groups is 1. The van der Waals surface area contributed by atoms with Crippen molar-refractivity contribution >= 4 is 39.2 Å². The van der Waals surface area contributed by atoms with E-state index in [4.69, 9.17) is 0 Å². The van der Waals surface area contributed by atoms with E-state index in [2.05, 4.69) is 15.3 Å². The summed E-state index contributed by atoms with van der Waals surface area (Å²) in [5.74, 6) is -0.0132. The van der Waals surface area contributed by atoms with Crippen LogP contribution in [0.4, 0.5) is 0 Å². The second kappa shape index (κ2) is 6.15. The Morgan fingerprint density at radius 1 is 1.43 bits per heavy atom. The van der Waals surface area contributed by atoms with E-state index in [1.54, 1.807) is 0 Å². The van der Waals surface area contributed by atoms with Crippen molar-refractivity contribution in [3.05, 3.63) is 26.4 Å². The quantitative estimate of drug-likeness (QED) is 0.718. The van der Waals surface area contributed by atoms with Gasteiger partial charge >= 0.3 is 5.69 Å². The number of thioether (sulfide) groups is 1. The van der Waals surface area contributed by atoms with E-state index >= 15 is 0 Å². The first-order valence-electron chi connectivity index (χ1n) is 6.03. The van der Waals surface area contributed by atoms with E-state index in [0.29, 0.717) is 4.21 Å². The predicted octanol–water partition coefficient (Wildman–Crippen LogP) is 0.766. The molecular weight excluding hydrogens is 312 g/mol. The zero-order valence-electron chi connectivity index (χ0n) is 11.3. The molecule has 2 heterocycles. The maximum absolute atomic E-state index is 11.7. The lowest BCUT2D eigenvalue weighted by molar-refractivity contribution is -0.119. The number of nitriles is 1. The third-order valence-electron chi connectivity index (χ3n) is 2.44. The van der Waals surface area contributed by atoms with E-state index in [1.165, 1.54) is 11.8 Å². The summed E-state index contributed by atoms with van der Waals surface area (Å²) in [6.07, 6.45) is 0. The number of nitrogens with one attached hydrogen (secondary N) is 3. The Morgan fingerprint density at radius 3 is 2.76 bits per heavy atom. The highest BCUT2D eigenvalue weighted by atomic mass is 32.2. The van der Waals surface area contributed by atoms with E-state index in [1.807, 2.05) is 19.9 Å². The van der Waals surface area contributed by atoms with E-state index < -0.39 is 11.2 Å². The molecule has 21 heavy (non-hydrogen) atoms. The molecular formula is C12H12N4O3S2. The average molecular weight is 324 g/mol. The van der Waals surface area contributed by atoms with Crippen molar-refractivity contribution in [2.75, 3.05) is 5.75 Å². The van der Waals surface area contributed by atoms with Crippen LogP contribution in [0.2, 0.25) is 0 Å². The molecule has 0 aromatic carbocycles. The second-order valence-corrected chi connectivity index (χ2v) is 6.76. The molecule has 3 N–H and O–H groups in total. The highest BCUT2D eigenvalue weighted by Gasteiger charge is 2.17. The minimum absolute atomic E-state index is 0.0372. The molecule has 0 radical (unpaired) electrons. The molecule has 0 fully saturated rings. The second-order valence-electron chi connectivity index (χ2n) is 4.50. The Labute approximate surface area is 127 Å². The van der Waals surface area contributed by atoms with E-state index in [9.17, 15) is 19.6 Å². The van der Waals surface area contributed by atoms with Crippen LogP contribution < -0.4 is 16.6 Å². The topological polar surface area (TPSA) is 119 Å². The molecule has 2 rings (SSSR count). The fourth-order valence-corrected chi connectivity index (χ4v) is 3.83. The van der Waals surface area contributed by atoms with Crippen molar-refractivity contribution in [1.29, 1.82) is 5.26 Å². The lowest BCUT2D eigenvalue weighted by Crippen LogP contribution is -2.31. The van der Waals surface area contributed by atoms with Crippen molar-refractivity contribution in [1.82, 2.24) is 15.3 Å². The van der Waals surface area contributed by atoms with Gasteiger partial charge in [-0.15, -0.1) is 23.1 Å². The normalized spacial score (nSPS) is 10.8. The summed E-state index contributed by atoms with van der Waals surface area (Å²) in [7, 11) is 0. The highest BCUT2D eigenvalue weighted by Crippen LogP contribution is 2.34. The van der Waals surface area contributed by atoms with Gasteiger partial charge < -0.3 is 10.3 Å². The Bertz CT molecular complexity index is 841. The van der Waals surface area contributed by atoms with Gasteiger partial charge in [-0.25, -0.2) is 4.79 Å². The lowest BCUT2D eigenvalue weighted by atomic mass is 10.3. The first kappa shape index (κ1) is 15.3. The molecule has 9 heteroatoms. The van der Waals surface area contributed by atoms with Crippen LogP contribution in [0, 0.1) is 11.3 Å². The number of rotatable bonds is 4. The van der Waals surface area contributed by atoms with Crippen LogP contribution in [0.15, 0.2) is 13.8 Å². The third-order valence-corrected chi connectivity index (χ3v) is 4.90. The van der Waals surface area contributed by atoms with Gasteiger partial charge in [0.1, 0.15) is 16.3 Å². The number of hydrogen-bond donors (Lipinski definition) is 3. The standard InChI is InChI=1S/C12H12N4O3S2/c1-5(2)14-7(17)4-20-11-6(3-13)8-9(21-11)10(18)16-12(19)15-8/h5H,4H2,1-2H3,(H,14,17)(H2,15,16,18,19). The molecule has 0 spiro atoms. The van der Waals surface area contributed by atoms with Crippen LogP contribution in [0.5, 0.6) is 0 Å². The lowest BCUT2D eigenvalue weighted by Gasteiger charge is -2.06. The zero-order chi connectivity index (χ0) is 15.6. The number of hydrogen-bond acceptors (Lipinski definition) is 6. The third kappa shape index (κ3) is 3.34. The molecule has 0 bridgehead atoms. The Morgan fingerprint density at radius 2 is 2.14 bits per heavy atom. The van der Waals surface area contributed by atoms with Crippen LogP contribution in [0.1, 0.15) is 19.4 Å². The monoisotopic (exact) mass is 324 g/mol. The number of carbonyl (C=O) groups excluding carboxylic acids is 1. The molecule has 0 saturated heterocycles.